The fraction of sp³-hybridized carbons (Fsp3) is 0.154. The van der Waals surface area contributed by atoms with Crippen LogP contribution in [-0.2, 0) is 0 Å². The Hall–Kier alpha value is -2.06. The van der Waals surface area contributed by atoms with Crippen molar-refractivity contribution in [1.29, 1.82) is 0 Å². The first-order chi connectivity index (χ1) is 9.79. The molecule has 0 unspecified atom stereocenters. The van der Waals surface area contributed by atoms with Gasteiger partial charge in [0.05, 0.1) is 5.69 Å². The van der Waals surface area contributed by atoms with E-state index in [0.717, 1.165) is 6.07 Å². The summed E-state index contributed by atoms with van der Waals surface area (Å²) in [7, 11) is -1.85. The maximum absolute atomic E-state index is 12.4. The number of pyridine rings is 1. The number of halogens is 3. The largest absolute Gasteiger partial charge is 0.573 e. The fourth-order valence-corrected chi connectivity index (χ4v) is 1.99. The normalized spacial score (nSPS) is 11.3. The zero-order valence-corrected chi connectivity index (χ0v) is 10.9. The topological polar surface area (TPSA) is 62.6 Å². The van der Waals surface area contributed by atoms with Crippen LogP contribution in [-0.4, -0.2) is 28.5 Å². The molecule has 1 aromatic carbocycles. The summed E-state index contributed by atoms with van der Waals surface area (Å²) in [5, 5.41) is 18.8. The van der Waals surface area contributed by atoms with E-state index in [2.05, 4.69) is 9.72 Å². The number of nitrogens with zero attached hydrogens (tertiary/aromatic N) is 1. The Kier molecular flexibility index (Phi) is 4.20. The molecule has 0 atom stereocenters. The van der Waals surface area contributed by atoms with Crippen LogP contribution < -0.4 is 10.2 Å². The molecule has 1 heterocycles. The number of para-hydroxylation sites is 1. The van der Waals surface area contributed by atoms with E-state index < -0.39 is 19.2 Å². The van der Waals surface area contributed by atoms with E-state index in [1.54, 1.807) is 6.92 Å². The Bertz CT molecular complexity index is 647. The quantitative estimate of drug-likeness (QED) is 0.845. The number of hydrogen-bond donors (Lipinski definition) is 2. The van der Waals surface area contributed by atoms with Gasteiger partial charge < -0.3 is 14.8 Å². The SMILES string of the molecule is Cc1ccnc(-c2ccccc2OC(F)(F)F)c1B(O)O. The monoisotopic (exact) mass is 297 g/mol. The van der Waals surface area contributed by atoms with Crippen LogP contribution in [0.3, 0.4) is 0 Å². The maximum atomic E-state index is 12.4. The van der Waals surface area contributed by atoms with Gasteiger partial charge in [-0.25, -0.2) is 0 Å². The summed E-state index contributed by atoms with van der Waals surface area (Å²) >= 11 is 0. The number of benzene rings is 1. The first-order valence-corrected chi connectivity index (χ1v) is 5.96. The molecule has 0 bridgehead atoms. The average Bonchev–Trinajstić information content (AvgIpc) is 2.36. The summed E-state index contributed by atoms with van der Waals surface area (Å²) in [5.41, 5.74) is 0.596. The van der Waals surface area contributed by atoms with Crippen LogP contribution in [0, 0.1) is 6.92 Å². The number of aryl methyl sites for hydroxylation is 1. The van der Waals surface area contributed by atoms with Gasteiger partial charge in [-0.05, 0) is 30.7 Å². The van der Waals surface area contributed by atoms with Gasteiger partial charge in [0.25, 0.3) is 0 Å². The number of hydrogen-bond acceptors (Lipinski definition) is 4. The fourth-order valence-electron chi connectivity index (χ4n) is 1.99. The van der Waals surface area contributed by atoms with Gasteiger partial charge in [0.2, 0.25) is 0 Å². The number of alkyl halides is 3. The van der Waals surface area contributed by atoms with Crippen LogP contribution in [0.5, 0.6) is 5.75 Å². The Morgan fingerprint density at radius 2 is 1.81 bits per heavy atom. The summed E-state index contributed by atoms with van der Waals surface area (Å²) in [5.74, 6) is -0.454. The van der Waals surface area contributed by atoms with Crippen molar-refractivity contribution in [2.75, 3.05) is 0 Å². The summed E-state index contributed by atoms with van der Waals surface area (Å²) in [4.78, 5) is 3.95. The van der Waals surface area contributed by atoms with Gasteiger partial charge in [-0.15, -0.1) is 13.2 Å². The van der Waals surface area contributed by atoms with Crippen LogP contribution in [0.1, 0.15) is 5.56 Å². The minimum absolute atomic E-state index is 0.0293. The van der Waals surface area contributed by atoms with Gasteiger partial charge in [-0.2, -0.15) is 0 Å². The molecule has 21 heavy (non-hydrogen) atoms. The predicted octanol–water partition coefficient (Wildman–Crippen LogP) is 1.64. The third kappa shape index (κ3) is 3.53. The highest BCUT2D eigenvalue weighted by Crippen LogP contribution is 2.32. The van der Waals surface area contributed by atoms with E-state index in [0.29, 0.717) is 5.56 Å². The molecule has 8 heteroatoms. The van der Waals surface area contributed by atoms with E-state index in [-0.39, 0.29) is 16.7 Å². The Balaban J connectivity index is 2.60. The van der Waals surface area contributed by atoms with Gasteiger partial charge in [0.1, 0.15) is 5.75 Å². The summed E-state index contributed by atoms with van der Waals surface area (Å²) in [6.45, 7) is 1.60. The van der Waals surface area contributed by atoms with Crippen molar-refractivity contribution in [3.63, 3.8) is 0 Å². The molecule has 0 spiro atoms. The molecule has 0 aliphatic rings. The van der Waals surface area contributed by atoms with Gasteiger partial charge in [0, 0.05) is 17.2 Å². The average molecular weight is 297 g/mol. The smallest absolute Gasteiger partial charge is 0.423 e. The highest BCUT2D eigenvalue weighted by Gasteiger charge is 2.33. The van der Waals surface area contributed by atoms with Crippen molar-refractivity contribution in [1.82, 2.24) is 4.98 Å². The van der Waals surface area contributed by atoms with Gasteiger partial charge in [-0.3, -0.25) is 4.98 Å². The third-order valence-corrected chi connectivity index (χ3v) is 2.83. The van der Waals surface area contributed by atoms with Gasteiger partial charge >= 0.3 is 13.5 Å². The molecule has 1 aromatic heterocycles. The first-order valence-electron chi connectivity index (χ1n) is 5.96. The number of aromatic nitrogens is 1. The van der Waals surface area contributed by atoms with Crippen molar-refractivity contribution in [2.24, 2.45) is 0 Å². The maximum Gasteiger partial charge on any atom is 0.573 e. The van der Waals surface area contributed by atoms with E-state index in [9.17, 15) is 23.2 Å². The number of ether oxygens (including phenoxy) is 1. The summed E-state index contributed by atoms with van der Waals surface area (Å²) in [6, 6.07) is 6.94. The molecule has 2 aromatic rings. The van der Waals surface area contributed by atoms with Crippen molar-refractivity contribution >= 4 is 12.6 Å². The molecular weight excluding hydrogens is 286 g/mol. The minimum atomic E-state index is -4.85. The second kappa shape index (κ2) is 5.75. The highest BCUT2D eigenvalue weighted by molar-refractivity contribution is 6.61. The van der Waals surface area contributed by atoms with Crippen molar-refractivity contribution < 1.29 is 28.0 Å². The lowest BCUT2D eigenvalue weighted by Crippen LogP contribution is -2.34. The van der Waals surface area contributed by atoms with E-state index in [1.165, 1.54) is 30.5 Å². The second-order valence-corrected chi connectivity index (χ2v) is 4.31. The predicted molar refractivity (Wildman–Crippen MR) is 70.9 cm³/mol. The number of rotatable bonds is 3. The molecule has 2 rings (SSSR count). The molecule has 0 aliphatic carbocycles. The zero-order chi connectivity index (χ0) is 15.6. The van der Waals surface area contributed by atoms with E-state index in [1.807, 2.05) is 0 Å². The van der Waals surface area contributed by atoms with Crippen molar-refractivity contribution in [3.05, 3.63) is 42.1 Å². The van der Waals surface area contributed by atoms with Gasteiger partial charge in [-0.1, -0.05) is 12.1 Å². The molecule has 0 saturated carbocycles. The molecular formula is C13H11BF3NO3. The lowest BCUT2D eigenvalue weighted by Gasteiger charge is -2.16. The summed E-state index contributed by atoms with van der Waals surface area (Å²) in [6.07, 6.45) is -3.47. The Labute approximate surface area is 119 Å². The second-order valence-electron chi connectivity index (χ2n) is 4.31. The van der Waals surface area contributed by atoms with Crippen LogP contribution in [0.25, 0.3) is 11.3 Å². The van der Waals surface area contributed by atoms with Crippen LogP contribution in [0.4, 0.5) is 13.2 Å². The molecule has 0 amide bonds. The molecule has 2 N–H and O–H groups in total. The molecule has 0 aliphatic heterocycles. The standard InChI is InChI=1S/C13H11BF3NO3/c1-8-6-7-18-12(11(8)14(19)20)9-4-2-3-5-10(9)21-13(15,16)17/h2-7,19-20H,1H3. The Morgan fingerprint density at radius 3 is 2.43 bits per heavy atom. The zero-order valence-electron chi connectivity index (χ0n) is 10.9. The molecule has 110 valence electrons. The van der Waals surface area contributed by atoms with Crippen molar-refractivity contribution in [3.8, 4) is 17.0 Å². The van der Waals surface area contributed by atoms with Crippen LogP contribution >= 0.6 is 0 Å². The molecule has 0 fully saturated rings. The third-order valence-electron chi connectivity index (χ3n) is 2.83. The first kappa shape index (κ1) is 15.3. The molecule has 4 nitrogen and oxygen atoms in total. The Morgan fingerprint density at radius 1 is 1.14 bits per heavy atom. The van der Waals surface area contributed by atoms with Crippen LogP contribution in [0.2, 0.25) is 0 Å². The molecule has 0 radical (unpaired) electrons. The summed E-state index contributed by atoms with van der Waals surface area (Å²) < 4.78 is 41.3. The lowest BCUT2D eigenvalue weighted by atomic mass is 9.75. The van der Waals surface area contributed by atoms with E-state index >= 15 is 0 Å². The lowest BCUT2D eigenvalue weighted by molar-refractivity contribution is -0.274. The minimum Gasteiger partial charge on any atom is -0.423 e. The van der Waals surface area contributed by atoms with Crippen molar-refractivity contribution in [2.45, 2.75) is 13.3 Å². The van der Waals surface area contributed by atoms with E-state index in [4.69, 9.17) is 0 Å². The van der Waals surface area contributed by atoms with Gasteiger partial charge in [0.15, 0.2) is 0 Å². The highest BCUT2D eigenvalue weighted by atomic mass is 19.4. The van der Waals surface area contributed by atoms with Crippen LogP contribution in [0.15, 0.2) is 36.5 Å². The molecule has 0 saturated heterocycles.